The van der Waals surface area contributed by atoms with E-state index in [1.807, 2.05) is 48.5 Å². The Labute approximate surface area is 130 Å². The van der Waals surface area contributed by atoms with Crippen LogP contribution < -0.4 is 0 Å². The number of aliphatic hydroxyl groups excluding tert-OH is 1. The van der Waals surface area contributed by atoms with Gasteiger partial charge in [-0.3, -0.25) is 4.79 Å². The highest BCUT2D eigenvalue weighted by Gasteiger charge is 2.25. The van der Waals surface area contributed by atoms with Crippen LogP contribution in [0.4, 0.5) is 0 Å². The second kappa shape index (κ2) is 10.3. The maximum absolute atomic E-state index is 11.7. The van der Waals surface area contributed by atoms with Gasteiger partial charge in [-0.25, -0.2) is 0 Å². The van der Waals surface area contributed by atoms with Crippen molar-refractivity contribution in [3.63, 3.8) is 0 Å². The second-order valence-electron chi connectivity index (χ2n) is 6.68. The SMILES string of the molecule is CC(C)OC(C)CC(OC(C)C)C(O)CCC(=O)C(C)C. The minimum Gasteiger partial charge on any atom is -0.390 e. The molecule has 4 nitrogen and oxygen atoms in total. The highest BCUT2D eigenvalue weighted by atomic mass is 16.5. The number of ether oxygens (including phenoxy) is 2. The zero-order chi connectivity index (χ0) is 16.6. The van der Waals surface area contributed by atoms with Gasteiger partial charge in [0.2, 0.25) is 0 Å². The fourth-order valence-electron chi connectivity index (χ4n) is 2.26. The summed E-state index contributed by atoms with van der Waals surface area (Å²) in [5, 5.41) is 10.3. The Balaban J connectivity index is 4.47. The summed E-state index contributed by atoms with van der Waals surface area (Å²) in [6.07, 6.45) is 0.763. The van der Waals surface area contributed by atoms with Crippen LogP contribution >= 0.6 is 0 Å². The van der Waals surface area contributed by atoms with Crippen molar-refractivity contribution in [2.24, 2.45) is 5.92 Å². The lowest BCUT2D eigenvalue weighted by atomic mass is 9.98. The van der Waals surface area contributed by atoms with E-state index in [-0.39, 0.29) is 36.1 Å². The van der Waals surface area contributed by atoms with Gasteiger partial charge in [0.05, 0.1) is 30.5 Å². The van der Waals surface area contributed by atoms with Gasteiger partial charge >= 0.3 is 0 Å². The molecule has 0 aliphatic carbocycles. The fourth-order valence-corrected chi connectivity index (χ4v) is 2.26. The lowest BCUT2D eigenvalue weighted by molar-refractivity contribution is -0.124. The molecule has 0 radical (unpaired) electrons. The zero-order valence-electron chi connectivity index (χ0n) is 14.8. The molecule has 0 saturated carbocycles. The van der Waals surface area contributed by atoms with E-state index in [1.54, 1.807) is 0 Å². The van der Waals surface area contributed by atoms with Crippen LogP contribution in [0, 0.1) is 5.92 Å². The third-order valence-corrected chi connectivity index (χ3v) is 3.28. The monoisotopic (exact) mass is 302 g/mol. The summed E-state index contributed by atoms with van der Waals surface area (Å²) in [4.78, 5) is 11.7. The highest BCUT2D eigenvalue weighted by molar-refractivity contribution is 5.80. The molecule has 3 atom stereocenters. The predicted octanol–water partition coefficient (Wildman–Crippen LogP) is 3.35. The Bertz CT molecular complexity index is 287. The first kappa shape index (κ1) is 20.6. The predicted molar refractivity (Wildman–Crippen MR) is 85.4 cm³/mol. The molecule has 126 valence electrons. The van der Waals surface area contributed by atoms with Crippen LogP contribution in [0.25, 0.3) is 0 Å². The van der Waals surface area contributed by atoms with E-state index < -0.39 is 6.10 Å². The molecule has 0 bridgehead atoms. The molecule has 0 aromatic carbocycles. The van der Waals surface area contributed by atoms with Crippen molar-refractivity contribution in [3.05, 3.63) is 0 Å². The summed E-state index contributed by atoms with van der Waals surface area (Å²) in [5.74, 6) is 0.202. The number of carbonyl (C=O) groups excluding carboxylic acids is 1. The van der Waals surface area contributed by atoms with Crippen molar-refractivity contribution in [2.45, 2.75) is 98.2 Å². The Morgan fingerprint density at radius 1 is 0.952 bits per heavy atom. The Morgan fingerprint density at radius 3 is 1.90 bits per heavy atom. The lowest BCUT2D eigenvalue weighted by Crippen LogP contribution is -2.35. The number of carbonyl (C=O) groups is 1. The Morgan fingerprint density at radius 2 is 1.48 bits per heavy atom. The fraction of sp³-hybridized carbons (Fsp3) is 0.941. The topological polar surface area (TPSA) is 55.8 Å². The van der Waals surface area contributed by atoms with Crippen LogP contribution in [0.15, 0.2) is 0 Å². The molecule has 0 spiro atoms. The lowest BCUT2D eigenvalue weighted by Gasteiger charge is -2.28. The smallest absolute Gasteiger partial charge is 0.135 e. The molecule has 3 unspecified atom stereocenters. The summed E-state index contributed by atoms with van der Waals surface area (Å²) >= 11 is 0. The minimum atomic E-state index is -0.631. The van der Waals surface area contributed by atoms with E-state index in [2.05, 4.69) is 0 Å². The zero-order valence-corrected chi connectivity index (χ0v) is 14.8. The molecule has 0 aromatic heterocycles. The molecule has 21 heavy (non-hydrogen) atoms. The molecule has 0 heterocycles. The van der Waals surface area contributed by atoms with E-state index in [4.69, 9.17) is 9.47 Å². The van der Waals surface area contributed by atoms with Gasteiger partial charge in [-0.15, -0.1) is 0 Å². The molecule has 4 heteroatoms. The quantitative estimate of drug-likeness (QED) is 0.636. The Hall–Kier alpha value is -0.450. The maximum atomic E-state index is 11.7. The first-order chi connectivity index (χ1) is 9.63. The molecule has 0 saturated heterocycles. The van der Waals surface area contributed by atoms with Gasteiger partial charge in [0.15, 0.2) is 0 Å². The first-order valence-electron chi connectivity index (χ1n) is 8.15. The first-order valence-corrected chi connectivity index (χ1v) is 8.15. The van der Waals surface area contributed by atoms with E-state index >= 15 is 0 Å². The molecule has 0 fully saturated rings. The van der Waals surface area contributed by atoms with Crippen LogP contribution in [0.1, 0.15) is 67.7 Å². The van der Waals surface area contributed by atoms with Crippen LogP contribution in [0.3, 0.4) is 0 Å². The summed E-state index contributed by atoms with van der Waals surface area (Å²) in [6.45, 7) is 13.6. The van der Waals surface area contributed by atoms with Crippen molar-refractivity contribution >= 4 is 5.78 Å². The number of rotatable bonds is 11. The van der Waals surface area contributed by atoms with Gasteiger partial charge in [-0.2, -0.15) is 0 Å². The second-order valence-corrected chi connectivity index (χ2v) is 6.68. The van der Waals surface area contributed by atoms with Gasteiger partial charge in [-0.1, -0.05) is 13.8 Å². The van der Waals surface area contributed by atoms with Gasteiger partial charge in [0, 0.05) is 18.8 Å². The number of hydrogen-bond acceptors (Lipinski definition) is 4. The van der Waals surface area contributed by atoms with Crippen LogP contribution in [-0.4, -0.2) is 41.4 Å². The third kappa shape index (κ3) is 9.99. The maximum Gasteiger partial charge on any atom is 0.135 e. The summed E-state index contributed by atoms with van der Waals surface area (Å²) in [6, 6.07) is 0. The van der Waals surface area contributed by atoms with Crippen LogP contribution in [0.5, 0.6) is 0 Å². The van der Waals surface area contributed by atoms with E-state index in [1.165, 1.54) is 0 Å². The van der Waals surface area contributed by atoms with Gasteiger partial charge in [0.1, 0.15) is 5.78 Å². The van der Waals surface area contributed by atoms with Gasteiger partial charge < -0.3 is 14.6 Å². The highest BCUT2D eigenvalue weighted by Crippen LogP contribution is 2.18. The molecular formula is C17H34O4. The summed E-state index contributed by atoms with van der Waals surface area (Å²) in [5.41, 5.74) is 0. The molecule has 0 rings (SSSR count). The average Bonchev–Trinajstić information content (AvgIpc) is 2.32. The molecule has 1 N–H and O–H groups in total. The van der Waals surface area contributed by atoms with Crippen molar-refractivity contribution in [1.29, 1.82) is 0 Å². The van der Waals surface area contributed by atoms with Gasteiger partial charge in [0.25, 0.3) is 0 Å². The molecule has 0 aliphatic rings. The molecule has 0 aromatic rings. The van der Waals surface area contributed by atoms with Crippen molar-refractivity contribution < 1.29 is 19.4 Å². The van der Waals surface area contributed by atoms with Gasteiger partial charge in [-0.05, 0) is 41.0 Å². The third-order valence-electron chi connectivity index (χ3n) is 3.28. The molecular weight excluding hydrogens is 268 g/mol. The summed E-state index contributed by atoms with van der Waals surface area (Å²) < 4.78 is 11.5. The normalized spacial score (nSPS) is 16.5. The van der Waals surface area contributed by atoms with Crippen molar-refractivity contribution in [1.82, 2.24) is 0 Å². The van der Waals surface area contributed by atoms with E-state index in [9.17, 15) is 9.90 Å². The largest absolute Gasteiger partial charge is 0.390 e. The number of aliphatic hydroxyl groups is 1. The molecule has 0 amide bonds. The number of hydrogen-bond donors (Lipinski definition) is 1. The van der Waals surface area contributed by atoms with Crippen molar-refractivity contribution in [2.75, 3.05) is 0 Å². The standard InChI is InChI=1S/C17H34O4/c1-11(2)15(18)8-9-16(19)17(21-13(5)6)10-14(7)20-12(3)4/h11-14,16-17,19H,8-10H2,1-7H3. The van der Waals surface area contributed by atoms with Crippen LogP contribution in [0.2, 0.25) is 0 Å². The minimum absolute atomic E-state index is 0.0178. The summed E-state index contributed by atoms with van der Waals surface area (Å²) in [7, 11) is 0. The number of ketones is 1. The van der Waals surface area contributed by atoms with Crippen molar-refractivity contribution in [3.8, 4) is 0 Å². The molecule has 0 aliphatic heterocycles. The van der Waals surface area contributed by atoms with E-state index in [0.29, 0.717) is 19.3 Å². The Kier molecular flexibility index (Phi) is 10.1. The van der Waals surface area contributed by atoms with E-state index in [0.717, 1.165) is 0 Å². The number of Topliss-reactive ketones (excluding diaryl/α,β-unsaturated/α-hetero) is 1. The average molecular weight is 302 g/mol. The van der Waals surface area contributed by atoms with Crippen LogP contribution in [-0.2, 0) is 14.3 Å².